The van der Waals surface area contributed by atoms with Gasteiger partial charge in [0, 0.05) is 26.1 Å². The number of anilines is 2. The van der Waals surface area contributed by atoms with E-state index in [-0.39, 0.29) is 83.7 Å². The molecule has 0 heterocycles. The molecule has 1 amide bonds. The number of ether oxygens (including phenoxy) is 1. The number of amides is 1. The number of methoxy groups -OCH3 is 1. The number of nitrogens with one attached hydrogen (secondary N) is 1. The molecule has 14 nitrogen and oxygen atoms in total. The molecule has 17 heteroatoms. The number of rotatable bonds is 14. The van der Waals surface area contributed by atoms with Crippen LogP contribution in [0.4, 0.5) is 22.7 Å². The number of aliphatic hydroxyl groups excluding tert-OH is 2. The van der Waals surface area contributed by atoms with Crippen molar-refractivity contribution in [3.63, 3.8) is 0 Å². The normalized spacial score (nSPS) is 11.7. The Labute approximate surface area is 242 Å². The fourth-order valence-corrected chi connectivity index (χ4v) is 4.61. The van der Waals surface area contributed by atoms with Gasteiger partial charge in [0.15, 0.2) is 9.84 Å². The first-order chi connectivity index (χ1) is 17.4. The molecule has 0 fully saturated rings. The maximum absolute atomic E-state index is 12.3. The largest absolute Gasteiger partial charge is 1.00 e. The van der Waals surface area contributed by atoms with E-state index < -0.39 is 32.6 Å². The summed E-state index contributed by atoms with van der Waals surface area (Å²) in [5.41, 5.74) is 1.25. The van der Waals surface area contributed by atoms with E-state index in [1.165, 1.54) is 44.4 Å². The molecule has 38 heavy (non-hydrogen) atoms. The maximum Gasteiger partial charge on any atom is 1.00 e. The summed E-state index contributed by atoms with van der Waals surface area (Å²) in [6.07, 6.45) is 0. The van der Waals surface area contributed by atoms with Gasteiger partial charge in [-0.25, -0.2) is 16.8 Å². The van der Waals surface area contributed by atoms with Crippen LogP contribution in [0.1, 0.15) is 6.92 Å². The van der Waals surface area contributed by atoms with Crippen molar-refractivity contribution in [3.8, 4) is 5.75 Å². The zero-order valence-electron chi connectivity index (χ0n) is 21.0. The van der Waals surface area contributed by atoms with Gasteiger partial charge in [0.05, 0.1) is 54.6 Å². The first-order valence-corrected chi connectivity index (χ1v) is 13.7. The quantitative estimate of drug-likeness (QED) is 0.0971. The van der Waals surface area contributed by atoms with Crippen molar-refractivity contribution in [2.45, 2.75) is 11.8 Å². The van der Waals surface area contributed by atoms with Gasteiger partial charge < -0.3 is 29.7 Å². The van der Waals surface area contributed by atoms with E-state index in [2.05, 4.69) is 19.7 Å². The topological polar surface area (TPSA) is 207 Å². The molecule has 3 N–H and O–H groups in total. The van der Waals surface area contributed by atoms with Gasteiger partial charge in [0.25, 0.3) is 0 Å². The monoisotopic (exact) mass is 582 g/mol. The maximum atomic E-state index is 12.3. The minimum atomic E-state index is -5.00. The van der Waals surface area contributed by atoms with E-state index in [0.29, 0.717) is 11.4 Å². The van der Waals surface area contributed by atoms with E-state index in [1.54, 1.807) is 11.0 Å². The summed E-state index contributed by atoms with van der Waals surface area (Å²) < 4.78 is 65.4. The number of nitrogens with zero attached hydrogens (tertiary/aromatic N) is 3. The Morgan fingerprint density at radius 3 is 2.16 bits per heavy atom. The third-order valence-electron chi connectivity index (χ3n) is 4.74. The number of carbonyl (C=O) groups excluding carboxylic acids is 1. The van der Waals surface area contributed by atoms with Gasteiger partial charge in [-0.3, -0.25) is 8.98 Å². The molecule has 2 aromatic rings. The van der Waals surface area contributed by atoms with Gasteiger partial charge in [-0.1, -0.05) is 0 Å². The van der Waals surface area contributed by atoms with Crippen molar-refractivity contribution >= 4 is 48.9 Å². The number of azo groups is 1. The SMILES string of the molecule is COc1cc(N=Nc2ccc(S(=O)(=O)CCOS(=O)(=O)[O-])cc2)c(NC(C)=O)cc1N(CCO)CCO.[Na+]. The van der Waals surface area contributed by atoms with Crippen LogP contribution in [0, 0.1) is 0 Å². The predicted octanol–water partition coefficient (Wildman–Crippen LogP) is -1.89. The molecule has 0 atom stereocenters. The molecule has 0 aliphatic heterocycles. The summed E-state index contributed by atoms with van der Waals surface area (Å²) in [6, 6.07) is 8.25. The van der Waals surface area contributed by atoms with Gasteiger partial charge in [0.1, 0.15) is 11.4 Å². The van der Waals surface area contributed by atoms with Gasteiger partial charge >= 0.3 is 29.6 Å². The Hall–Kier alpha value is -2.15. The van der Waals surface area contributed by atoms with Crippen molar-refractivity contribution in [2.24, 2.45) is 10.2 Å². The Morgan fingerprint density at radius 1 is 1.05 bits per heavy atom. The second-order valence-corrected chi connectivity index (χ2v) is 10.6. The van der Waals surface area contributed by atoms with E-state index in [0.717, 1.165) is 0 Å². The Bertz CT molecular complexity index is 1310. The second-order valence-electron chi connectivity index (χ2n) is 7.40. The molecule has 0 aliphatic rings. The van der Waals surface area contributed by atoms with Crippen LogP contribution < -0.4 is 44.5 Å². The molecule has 0 saturated heterocycles. The van der Waals surface area contributed by atoms with Crippen LogP contribution in [0.15, 0.2) is 51.5 Å². The van der Waals surface area contributed by atoms with Crippen molar-refractivity contribution in [1.82, 2.24) is 0 Å². The third-order valence-corrected chi connectivity index (χ3v) is 6.89. The average Bonchev–Trinajstić information content (AvgIpc) is 2.82. The van der Waals surface area contributed by atoms with Gasteiger partial charge in [-0.05, 0) is 30.3 Å². The molecular formula is C21H27N4NaO10S2. The van der Waals surface area contributed by atoms with Crippen LogP contribution in [0.25, 0.3) is 0 Å². The van der Waals surface area contributed by atoms with Crippen LogP contribution in [0.2, 0.25) is 0 Å². The summed E-state index contributed by atoms with van der Waals surface area (Å²) in [4.78, 5) is 13.3. The second kappa shape index (κ2) is 15.4. The number of sulfone groups is 1. The summed E-state index contributed by atoms with van der Waals surface area (Å²) in [5.74, 6) is -0.758. The molecule has 2 rings (SSSR count). The average molecular weight is 583 g/mol. The van der Waals surface area contributed by atoms with E-state index in [9.17, 15) is 36.4 Å². The fraction of sp³-hybridized carbons (Fsp3) is 0.381. The third kappa shape index (κ3) is 10.5. The zero-order valence-corrected chi connectivity index (χ0v) is 24.7. The van der Waals surface area contributed by atoms with Gasteiger partial charge in [-0.15, -0.1) is 5.11 Å². The first kappa shape index (κ1) is 33.9. The molecule has 204 valence electrons. The predicted molar refractivity (Wildman–Crippen MR) is 132 cm³/mol. The van der Waals surface area contributed by atoms with Gasteiger partial charge in [0.2, 0.25) is 16.3 Å². The molecule has 0 aromatic heterocycles. The molecule has 0 bridgehead atoms. The molecule has 0 radical (unpaired) electrons. The molecule has 0 aliphatic carbocycles. The minimum absolute atomic E-state index is 0. The number of benzene rings is 2. The van der Waals surface area contributed by atoms with Crippen LogP contribution in [0.5, 0.6) is 5.75 Å². The Morgan fingerprint density at radius 2 is 1.66 bits per heavy atom. The number of hydrogen-bond donors (Lipinski definition) is 3. The molecule has 0 saturated carbocycles. The zero-order chi connectivity index (χ0) is 27.6. The summed E-state index contributed by atoms with van der Waals surface area (Å²) >= 11 is 0. The molecule has 0 unspecified atom stereocenters. The van der Waals surface area contributed by atoms with Crippen LogP contribution in [-0.4, -0.2) is 83.3 Å². The standard InChI is InChI=1S/C21H28N4O10S2.Na/c1-15(28)22-18-13-20(25(7-9-26)8-10-27)21(34-2)14-19(18)24-23-16-3-5-17(6-4-16)36(29,30)12-11-35-37(31,32)33;/h3-6,13-14,26-27H,7-12H2,1-2H3,(H,22,28)(H,31,32,33);/q;+1/p-1. The Kier molecular flexibility index (Phi) is 13.8. The van der Waals surface area contributed by atoms with E-state index in [4.69, 9.17) is 4.74 Å². The summed E-state index contributed by atoms with van der Waals surface area (Å²) in [7, 11) is -7.50. The molecule has 2 aromatic carbocycles. The number of carbonyl (C=O) groups is 1. The number of aliphatic hydroxyl groups is 2. The van der Waals surface area contributed by atoms with E-state index >= 15 is 0 Å². The van der Waals surface area contributed by atoms with Crippen molar-refractivity contribution < 1.29 is 74.9 Å². The van der Waals surface area contributed by atoms with Gasteiger partial charge in [-0.2, -0.15) is 5.11 Å². The van der Waals surface area contributed by atoms with Crippen molar-refractivity contribution in [1.29, 1.82) is 0 Å². The number of hydrogen-bond acceptors (Lipinski definition) is 13. The summed E-state index contributed by atoms with van der Waals surface area (Å²) in [5, 5.41) is 29.6. The smallest absolute Gasteiger partial charge is 0.726 e. The molecule has 0 spiro atoms. The van der Waals surface area contributed by atoms with Crippen molar-refractivity contribution in [3.05, 3.63) is 36.4 Å². The minimum Gasteiger partial charge on any atom is -0.726 e. The summed E-state index contributed by atoms with van der Waals surface area (Å²) in [6.45, 7) is 0.526. The van der Waals surface area contributed by atoms with E-state index in [1.807, 2.05) is 0 Å². The first-order valence-electron chi connectivity index (χ1n) is 10.7. The van der Waals surface area contributed by atoms with Crippen LogP contribution in [0.3, 0.4) is 0 Å². The van der Waals surface area contributed by atoms with Crippen LogP contribution in [-0.2, 0) is 29.2 Å². The fourth-order valence-electron chi connectivity index (χ4n) is 3.13. The Balaban J connectivity index is 0.00000722. The van der Waals surface area contributed by atoms with Crippen LogP contribution >= 0.6 is 0 Å². The molecular weight excluding hydrogens is 555 g/mol. The van der Waals surface area contributed by atoms with Crippen molar-refractivity contribution in [2.75, 3.05) is 56.0 Å².